The number of sulfone groups is 1. The molecule has 0 radical (unpaired) electrons. The molecule has 0 aromatic heterocycles. The smallest absolute Gasteiger partial charge is 0.770 e. The largest absolute Gasteiger partial charge is 1.00 e. The molecule has 0 spiro atoms. The van der Waals surface area contributed by atoms with Crippen molar-refractivity contribution in [2.75, 3.05) is 24.7 Å². The first kappa shape index (κ1) is 32.6. The van der Waals surface area contributed by atoms with Crippen molar-refractivity contribution in [3.8, 4) is 0 Å². The number of rotatable bonds is 20. The first-order chi connectivity index (χ1) is 14.8. The molecule has 10 heteroatoms. The van der Waals surface area contributed by atoms with Crippen molar-refractivity contribution in [1.82, 2.24) is 0 Å². The predicted octanol–water partition coefficient (Wildman–Crippen LogP) is 2.61. The van der Waals surface area contributed by atoms with Crippen LogP contribution in [0.1, 0.15) is 103 Å². The van der Waals surface area contributed by atoms with E-state index in [1.807, 2.05) is 0 Å². The fraction of sp³-hybridized carbons (Fsp3) is 0.955. The van der Waals surface area contributed by atoms with Gasteiger partial charge in [0.1, 0.15) is 9.84 Å². The van der Waals surface area contributed by atoms with Crippen LogP contribution in [-0.4, -0.2) is 38.8 Å². The Morgan fingerprint density at radius 1 is 0.906 bits per heavy atom. The number of carbonyl (C=O) groups excluding carboxylic acids is 1. The molecule has 0 aromatic rings. The summed E-state index contributed by atoms with van der Waals surface area (Å²) in [4.78, 5) is 22.6. The normalized spacial score (nSPS) is 16.1. The van der Waals surface area contributed by atoms with Gasteiger partial charge in [0.15, 0.2) is 0 Å². The summed E-state index contributed by atoms with van der Waals surface area (Å²) in [5.74, 6) is 1.00. The molecule has 0 saturated heterocycles. The van der Waals surface area contributed by atoms with E-state index in [1.54, 1.807) is 0 Å². The molecule has 0 bridgehead atoms. The van der Waals surface area contributed by atoms with Gasteiger partial charge in [0.2, 0.25) is 7.60 Å². The van der Waals surface area contributed by atoms with Gasteiger partial charge in [-0.3, -0.25) is 4.57 Å². The molecule has 0 N–H and O–H groups in total. The van der Waals surface area contributed by atoms with Gasteiger partial charge in [0, 0.05) is 0 Å². The van der Waals surface area contributed by atoms with Crippen LogP contribution in [0.25, 0.3) is 0 Å². The van der Waals surface area contributed by atoms with Crippen molar-refractivity contribution < 1.29 is 61.5 Å². The molecule has 1 fully saturated rings. The van der Waals surface area contributed by atoms with E-state index in [1.165, 1.54) is 71.1 Å². The summed E-state index contributed by atoms with van der Waals surface area (Å²) in [5, 5.41) is 0. The Hall–Kier alpha value is 0.570. The molecular formula is C22H42NaO7PS. The molecule has 0 heterocycles. The van der Waals surface area contributed by atoms with E-state index in [0.717, 1.165) is 25.2 Å². The maximum Gasteiger partial charge on any atom is 1.00 e. The molecule has 1 saturated carbocycles. The molecule has 0 amide bonds. The van der Waals surface area contributed by atoms with Gasteiger partial charge in [-0.2, -0.15) is 0 Å². The van der Waals surface area contributed by atoms with E-state index in [2.05, 4.69) is 9.26 Å². The quantitative estimate of drug-likeness (QED) is 0.142. The monoisotopic (exact) mass is 504 g/mol. The minimum Gasteiger partial charge on any atom is -0.770 e. The maximum atomic E-state index is 12.0. The molecule has 0 aromatic carbocycles. The molecule has 1 unspecified atom stereocenters. The van der Waals surface area contributed by atoms with E-state index < -0.39 is 23.1 Å². The summed E-state index contributed by atoms with van der Waals surface area (Å²) in [6, 6.07) is 0. The number of ether oxygens (including phenoxy) is 1. The summed E-state index contributed by atoms with van der Waals surface area (Å²) >= 11 is 0. The van der Waals surface area contributed by atoms with Crippen LogP contribution in [-0.2, 0) is 23.7 Å². The summed E-state index contributed by atoms with van der Waals surface area (Å²) in [6.07, 6.45) is 17.5. The average Bonchev–Trinajstić information content (AvgIpc) is 2.67. The van der Waals surface area contributed by atoms with E-state index in [4.69, 9.17) is 0 Å². The van der Waals surface area contributed by atoms with Gasteiger partial charge in [-0.05, 0) is 25.7 Å². The Bertz CT molecular complexity index is 638. The molecular weight excluding hydrogens is 462 g/mol. The summed E-state index contributed by atoms with van der Waals surface area (Å²) in [7, 11) is -7.97. The van der Waals surface area contributed by atoms with Crippen LogP contribution in [0.5, 0.6) is 0 Å². The summed E-state index contributed by atoms with van der Waals surface area (Å²) < 4.78 is 44.4. The zero-order valence-electron chi connectivity index (χ0n) is 20.2. The third-order valence-corrected chi connectivity index (χ3v) is 8.81. The van der Waals surface area contributed by atoms with Crippen molar-refractivity contribution in [2.45, 2.75) is 103 Å². The topological polar surface area (TPSA) is 110 Å². The Kier molecular flexibility index (Phi) is 19.2. The van der Waals surface area contributed by atoms with Gasteiger partial charge in [-0.25, -0.2) is 13.2 Å². The minimum atomic E-state index is -4.74. The molecule has 1 aliphatic carbocycles. The first-order valence-electron chi connectivity index (χ1n) is 12.1. The van der Waals surface area contributed by atoms with Crippen molar-refractivity contribution in [3.05, 3.63) is 0 Å². The van der Waals surface area contributed by atoms with Crippen LogP contribution < -0.4 is 34.5 Å². The van der Waals surface area contributed by atoms with Crippen LogP contribution in [0.4, 0.5) is 4.79 Å². The fourth-order valence-corrected chi connectivity index (χ4v) is 5.94. The molecule has 7 nitrogen and oxygen atoms in total. The van der Waals surface area contributed by atoms with E-state index in [9.17, 15) is 22.7 Å². The van der Waals surface area contributed by atoms with Crippen LogP contribution in [0.2, 0.25) is 0 Å². The molecule has 32 heavy (non-hydrogen) atoms. The van der Waals surface area contributed by atoms with Crippen LogP contribution >= 0.6 is 7.60 Å². The minimum absolute atomic E-state index is 0. The molecule has 184 valence electrons. The van der Waals surface area contributed by atoms with Gasteiger partial charge >= 0.3 is 35.3 Å². The molecule has 1 rings (SSSR count). The van der Waals surface area contributed by atoms with Gasteiger partial charge in [0.05, 0.1) is 24.7 Å². The van der Waals surface area contributed by atoms with E-state index in [-0.39, 0.29) is 60.7 Å². The molecule has 1 aliphatic rings. The van der Waals surface area contributed by atoms with Crippen molar-refractivity contribution in [1.29, 1.82) is 0 Å². The third-order valence-electron chi connectivity index (χ3n) is 5.89. The average molecular weight is 505 g/mol. The van der Waals surface area contributed by atoms with Crippen LogP contribution in [0.3, 0.4) is 0 Å². The van der Waals surface area contributed by atoms with E-state index >= 15 is 0 Å². The number of hydrogen-bond acceptors (Lipinski definition) is 7. The van der Waals surface area contributed by atoms with Gasteiger partial charge in [-0.15, -0.1) is 0 Å². The van der Waals surface area contributed by atoms with Gasteiger partial charge in [-0.1, -0.05) is 83.5 Å². The second-order valence-corrected chi connectivity index (χ2v) is 12.6. The van der Waals surface area contributed by atoms with Gasteiger partial charge < -0.3 is 14.2 Å². The zero-order chi connectivity index (χ0) is 23.0. The fourth-order valence-electron chi connectivity index (χ4n) is 3.77. The Balaban J connectivity index is 0.00000961. The standard InChI is InChI=1S/C22H43O7PS.Na/c1-2-28-22(23)30(24,25)29-18-14-20-31(26,27)19-12-10-8-6-4-3-5-7-9-11-15-21-16-13-17-21;/h21H,2-20H2,1H3,(H,24,25);/q;+1/p-1. The van der Waals surface area contributed by atoms with E-state index in [0.29, 0.717) is 6.42 Å². The molecule has 1 atom stereocenters. The Morgan fingerprint density at radius 2 is 1.41 bits per heavy atom. The Labute approximate surface area is 217 Å². The van der Waals surface area contributed by atoms with Crippen molar-refractivity contribution in [3.63, 3.8) is 0 Å². The third kappa shape index (κ3) is 16.2. The summed E-state index contributed by atoms with van der Waals surface area (Å²) in [6.45, 7) is 1.09. The SMILES string of the molecule is CCOC(=O)P(=O)([O-])OCCCS(=O)(=O)CCCCCCCCCCCCC1CCC1.[Na+]. The Morgan fingerprint density at radius 3 is 1.91 bits per heavy atom. The summed E-state index contributed by atoms with van der Waals surface area (Å²) in [5.41, 5.74) is -1.41. The number of hydrogen-bond donors (Lipinski definition) is 0. The molecule has 0 aliphatic heterocycles. The second kappa shape index (κ2) is 18.8. The zero-order valence-corrected chi connectivity index (χ0v) is 23.9. The van der Waals surface area contributed by atoms with Gasteiger partial charge in [0.25, 0.3) is 0 Å². The second-order valence-electron chi connectivity index (χ2n) is 8.66. The first-order valence-corrected chi connectivity index (χ1v) is 15.5. The van der Waals surface area contributed by atoms with Crippen molar-refractivity contribution >= 4 is 23.1 Å². The van der Waals surface area contributed by atoms with Crippen molar-refractivity contribution in [2.24, 2.45) is 5.92 Å². The number of carbonyl (C=O) groups is 1. The maximum absolute atomic E-state index is 12.0. The predicted molar refractivity (Wildman–Crippen MR) is 122 cm³/mol. The van der Waals surface area contributed by atoms with Crippen LogP contribution in [0.15, 0.2) is 0 Å². The van der Waals surface area contributed by atoms with Crippen LogP contribution in [0, 0.1) is 5.92 Å². The number of unbranched alkanes of at least 4 members (excludes halogenated alkanes) is 9.